The zero-order valence-corrected chi connectivity index (χ0v) is 10.3. The summed E-state index contributed by atoms with van der Waals surface area (Å²) in [4.78, 5) is 11.3. The number of rotatable bonds is 4. The van der Waals surface area contributed by atoms with Gasteiger partial charge in [-0.25, -0.2) is 4.39 Å². The van der Waals surface area contributed by atoms with E-state index >= 15 is 0 Å². The largest absolute Gasteiger partial charge is 0.481 e. The lowest BCUT2D eigenvalue weighted by Crippen LogP contribution is -2.38. The molecule has 4 heteroatoms. The van der Waals surface area contributed by atoms with Gasteiger partial charge in [0.25, 0.3) is 0 Å². The van der Waals surface area contributed by atoms with Gasteiger partial charge in [0.15, 0.2) is 0 Å². The molecular weight excluding hydrogens is 235 g/mol. The fourth-order valence-corrected chi connectivity index (χ4v) is 2.89. The number of carbonyl (C=O) groups is 1. The van der Waals surface area contributed by atoms with Crippen molar-refractivity contribution in [3.8, 4) is 0 Å². The lowest BCUT2D eigenvalue weighted by Gasteiger charge is -2.30. The minimum atomic E-state index is -1.43. The Balaban J connectivity index is 2.46. The number of hydrogen-bond donors (Lipinski definition) is 2. The van der Waals surface area contributed by atoms with Crippen molar-refractivity contribution in [2.45, 2.75) is 38.2 Å². The Morgan fingerprint density at radius 3 is 2.89 bits per heavy atom. The standard InChI is InChI=1S/C14H17FO3/c1-2-4-11(13(16)17)14(18)8-7-9-10(14)5-3-6-12(9)15/h3,5-6,11,18H,2,4,7-8H2,1H3,(H,16,17). The molecule has 0 aliphatic heterocycles. The molecule has 2 atom stereocenters. The van der Waals surface area contributed by atoms with E-state index in [0.717, 1.165) is 0 Å². The van der Waals surface area contributed by atoms with E-state index in [1.54, 1.807) is 6.07 Å². The molecule has 0 radical (unpaired) electrons. The second kappa shape index (κ2) is 4.69. The van der Waals surface area contributed by atoms with Crippen molar-refractivity contribution < 1.29 is 19.4 Å². The zero-order chi connectivity index (χ0) is 13.3. The molecule has 1 aromatic rings. The Hall–Kier alpha value is -1.42. The molecule has 2 N–H and O–H groups in total. The summed E-state index contributed by atoms with van der Waals surface area (Å²) in [6.07, 6.45) is 1.73. The topological polar surface area (TPSA) is 57.5 Å². The number of aliphatic hydroxyl groups is 1. The van der Waals surface area contributed by atoms with E-state index in [0.29, 0.717) is 30.4 Å². The van der Waals surface area contributed by atoms with Gasteiger partial charge >= 0.3 is 5.97 Å². The molecule has 0 aromatic heterocycles. The first-order valence-electron chi connectivity index (χ1n) is 6.23. The molecule has 0 bridgehead atoms. The van der Waals surface area contributed by atoms with Gasteiger partial charge in [0.1, 0.15) is 11.4 Å². The summed E-state index contributed by atoms with van der Waals surface area (Å²) in [7, 11) is 0. The van der Waals surface area contributed by atoms with Crippen molar-refractivity contribution >= 4 is 5.97 Å². The van der Waals surface area contributed by atoms with Crippen LogP contribution >= 0.6 is 0 Å². The van der Waals surface area contributed by atoms with Crippen molar-refractivity contribution in [1.29, 1.82) is 0 Å². The number of benzene rings is 1. The van der Waals surface area contributed by atoms with E-state index in [9.17, 15) is 19.4 Å². The lowest BCUT2D eigenvalue weighted by atomic mass is 9.80. The minimum Gasteiger partial charge on any atom is -0.481 e. The number of hydrogen-bond acceptors (Lipinski definition) is 2. The minimum absolute atomic E-state index is 0.278. The average molecular weight is 252 g/mol. The van der Waals surface area contributed by atoms with Crippen LogP contribution in [0, 0.1) is 11.7 Å². The summed E-state index contributed by atoms with van der Waals surface area (Å²) in [5.41, 5.74) is -0.523. The van der Waals surface area contributed by atoms with Crippen molar-refractivity contribution in [2.24, 2.45) is 5.92 Å². The summed E-state index contributed by atoms with van der Waals surface area (Å²) in [6, 6.07) is 4.51. The lowest BCUT2D eigenvalue weighted by molar-refractivity contribution is -0.153. The Kier molecular flexibility index (Phi) is 3.39. The van der Waals surface area contributed by atoms with Crippen LogP contribution in [0.1, 0.15) is 37.3 Å². The van der Waals surface area contributed by atoms with Crippen LogP contribution in [0.5, 0.6) is 0 Å². The van der Waals surface area contributed by atoms with Crippen molar-refractivity contribution in [1.82, 2.24) is 0 Å². The molecule has 1 aromatic carbocycles. The van der Waals surface area contributed by atoms with E-state index in [1.165, 1.54) is 12.1 Å². The number of carboxylic acid groups (broad SMARTS) is 1. The number of fused-ring (bicyclic) bond motifs is 1. The third kappa shape index (κ3) is 1.90. The third-order valence-electron chi connectivity index (χ3n) is 3.79. The van der Waals surface area contributed by atoms with Gasteiger partial charge in [0.05, 0.1) is 5.92 Å². The molecule has 3 nitrogen and oxygen atoms in total. The highest BCUT2D eigenvalue weighted by atomic mass is 19.1. The van der Waals surface area contributed by atoms with Gasteiger partial charge in [-0.3, -0.25) is 4.79 Å². The number of carboxylic acids is 1. The fourth-order valence-electron chi connectivity index (χ4n) is 2.89. The SMILES string of the molecule is CCCC(C(=O)O)C1(O)CCc2c(F)cccc21. The highest BCUT2D eigenvalue weighted by molar-refractivity contribution is 5.72. The van der Waals surface area contributed by atoms with E-state index in [-0.39, 0.29) is 12.2 Å². The summed E-state index contributed by atoms with van der Waals surface area (Å²) < 4.78 is 13.6. The Morgan fingerprint density at radius 1 is 1.56 bits per heavy atom. The molecule has 1 aliphatic rings. The summed E-state index contributed by atoms with van der Waals surface area (Å²) in [6.45, 7) is 1.88. The van der Waals surface area contributed by atoms with Gasteiger partial charge < -0.3 is 10.2 Å². The monoisotopic (exact) mass is 252 g/mol. The highest BCUT2D eigenvalue weighted by Gasteiger charge is 2.47. The maximum absolute atomic E-state index is 13.6. The van der Waals surface area contributed by atoms with E-state index in [2.05, 4.69) is 0 Å². The normalized spacial score (nSPS) is 23.7. The van der Waals surface area contributed by atoms with E-state index < -0.39 is 17.5 Å². The molecule has 2 unspecified atom stereocenters. The molecule has 1 aliphatic carbocycles. The quantitative estimate of drug-likeness (QED) is 0.865. The van der Waals surface area contributed by atoms with Crippen LogP contribution in [-0.4, -0.2) is 16.2 Å². The second-order valence-electron chi connectivity index (χ2n) is 4.87. The molecule has 0 fully saturated rings. The maximum atomic E-state index is 13.6. The van der Waals surface area contributed by atoms with Crippen LogP contribution in [0.3, 0.4) is 0 Å². The van der Waals surface area contributed by atoms with Gasteiger partial charge in [-0.15, -0.1) is 0 Å². The van der Waals surface area contributed by atoms with Crippen molar-refractivity contribution in [3.05, 3.63) is 35.1 Å². The first-order chi connectivity index (χ1) is 8.50. The smallest absolute Gasteiger partial charge is 0.309 e. The van der Waals surface area contributed by atoms with E-state index in [4.69, 9.17) is 0 Å². The van der Waals surface area contributed by atoms with E-state index in [1.807, 2.05) is 6.92 Å². The molecule has 18 heavy (non-hydrogen) atoms. The third-order valence-corrected chi connectivity index (χ3v) is 3.79. The molecule has 0 heterocycles. The Morgan fingerprint density at radius 2 is 2.28 bits per heavy atom. The van der Waals surface area contributed by atoms with Gasteiger partial charge in [-0.1, -0.05) is 25.5 Å². The molecule has 0 spiro atoms. The van der Waals surface area contributed by atoms with Gasteiger partial charge in [-0.2, -0.15) is 0 Å². The van der Waals surface area contributed by atoms with Crippen molar-refractivity contribution in [2.75, 3.05) is 0 Å². The van der Waals surface area contributed by atoms with Crippen LogP contribution in [-0.2, 0) is 16.8 Å². The van der Waals surface area contributed by atoms with Crippen LogP contribution < -0.4 is 0 Å². The fraction of sp³-hybridized carbons (Fsp3) is 0.500. The first-order valence-corrected chi connectivity index (χ1v) is 6.23. The average Bonchev–Trinajstić information content (AvgIpc) is 2.66. The summed E-state index contributed by atoms with van der Waals surface area (Å²) in [5.74, 6) is -2.24. The van der Waals surface area contributed by atoms with Gasteiger partial charge in [-0.05, 0) is 36.5 Å². The van der Waals surface area contributed by atoms with Gasteiger partial charge in [0, 0.05) is 0 Å². The molecule has 0 saturated carbocycles. The second-order valence-corrected chi connectivity index (χ2v) is 4.87. The molecule has 2 rings (SSSR count). The number of halogens is 1. The maximum Gasteiger partial charge on any atom is 0.309 e. The summed E-state index contributed by atoms with van der Waals surface area (Å²) in [5, 5.41) is 20.0. The molecule has 98 valence electrons. The summed E-state index contributed by atoms with van der Waals surface area (Å²) >= 11 is 0. The van der Waals surface area contributed by atoms with Crippen LogP contribution in [0.25, 0.3) is 0 Å². The van der Waals surface area contributed by atoms with Crippen LogP contribution in [0.2, 0.25) is 0 Å². The molecule has 0 saturated heterocycles. The highest BCUT2D eigenvalue weighted by Crippen LogP contribution is 2.44. The van der Waals surface area contributed by atoms with Gasteiger partial charge in [0.2, 0.25) is 0 Å². The molecule has 0 amide bonds. The molecular formula is C14H17FO3. The zero-order valence-electron chi connectivity index (χ0n) is 10.3. The predicted octanol–water partition coefficient (Wildman–Crippen LogP) is 2.46. The number of aliphatic carboxylic acids is 1. The van der Waals surface area contributed by atoms with Crippen molar-refractivity contribution in [3.63, 3.8) is 0 Å². The predicted molar refractivity (Wildman–Crippen MR) is 64.7 cm³/mol. The Bertz CT molecular complexity index is 472. The Labute approximate surface area is 105 Å². The van der Waals surface area contributed by atoms with Crippen LogP contribution in [0.15, 0.2) is 18.2 Å². The first kappa shape index (κ1) is 13.0. The van der Waals surface area contributed by atoms with Crippen LogP contribution in [0.4, 0.5) is 4.39 Å².